The molecule has 2 rings (SSSR count). The van der Waals surface area contributed by atoms with Crippen LogP contribution in [0.1, 0.15) is 58.3 Å². The maximum Gasteiger partial charge on any atom is 0.0511 e. The molecule has 2 aliphatic heterocycles. The monoisotopic (exact) mass is 225 g/mol. The molecular weight excluding hydrogens is 198 g/mol. The van der Waals surface area contributed by atoms with Crippen molar-refractivity contribution in [1.82, 2.24) is 5.32 Å². The molecule has 0 amide bonds. The highest BCUT2D eigenvalue weighted by molar-refractivity contribution is 4.96. The second-order valence-electron chi connectivity index (χ2n) is 5.56. The average Bonchev–Trinajstić information content (AvgIpc) is 2.57. The summed E-state index contributed by atoms with van der Waals surface area (Å²) >= 11 is 0. The van der Waals surface area contributed by atoms with Gasteiger partial charge in [-0.05, 0) is 38.6 Å². The maximum atomic E-state index is 5.71. The minimum atomic E-state index is 0.408. The van der Waals surface area contributed by atoms with E-state index in [9.17, 15) is 0 Å². The van der Waals surface area contributed by atoms with Gasteiger partial charge < -0.3 is 10.1 Å². The zero-order valence-corrected chi connectivity index (χ0v) is 10.8. The molecule has 2 aliphatic rings. The topological polar surface area (TPSA) is 21.3 Å². The van der Waals surface area contributed by atoms with Crippen molar-refractivity contribution in [3.63, 3.8) is 0 Å². The first-order valence-corrected chi connectivity index (χ1v) is 7.20. The fourth-order valence-electron chi connectivity index (χ4n) is 3.56. The number of rotatable bonds is 3. The maximum absolute atomic E-state index is 5.71. The molecule has 0 radical (unpaired) electrons. The fourth-order valence-corrected chi connectivity index (χ4v) is 3.56. The molecule has 0 aromatic carbocycles. The van der Waals surface area contributed by atoms with E-state index in [1.807, 2.05) is 0 Å². The summed E-state index contributed by atoms with van der Waals surface area (Å²) in [6, 6.07) is 0. The van der Waals surface area contributed by atoms with E-state index >= 15 is 0 Å². The molecule has 2 nitrogen and oxygen atoms in total. The third kappa shape index (κ3) is 2.78. The Hall–Kier alpha value is -0.0800. The van der Waals surface area contributed by atoms with E-state index in [0.29, 0.717) is 5.54 Å². The number of nitrogens with one attached hydrogen (secondary N) is 1. The van der Waals surface area contributed by atoms with Crippen molar-refractivity contribution in [2.24, 2.45) is 5.92 Å². The fraction of sp³-hybridized carbons (Fsp3) is 1.00. The largest absolute Gasteiger partial charge is 0.381 e. The van der Waals surface area contributed by atoms with Crippen molar-refractivity contribution < 1.29 is 4.74 Å². The summed E-state index contributed by atoms with van der Waals surface area (Å²) in [4.78, 5) is 0. The van der Waals surface area contributed by atoms with Crippen LogP contribution in [-0.4, -0.2) is 25.3 Å². The average molecular weight is 225 g/mol. The number of hydrogen-bond acceptors (Lipinski definition) is 2. The van der Waals surface area contributed by atoms with E-state index in [-0.39, 0.29) is 0 Å². The first-order valence-electron chi connectivity index (χ1n) is 7.20. The summed E-state index contributed by atoms with van der Waals surface area (Å²) in [7, 11) is 0. The Balaban J connectivity index is 2.04. The molecule has 0 spiro atoms. The Morgan fingerprint density at radius 2 is 2.19 bits per heavy atom. The van der Waals surface area contributed by atoms with E-state index in [0.717, 1.165) is 19.1 Å². The van der Waals surface area contributed by atoms with Crippen LogP contribution in [0.2, 0.25) is 0 Å². The van der Waals surface area contributed by atoms with Crippen LogP contribution in [0.15, 0.2) is 0 Å². The molecule has 2 heterocycles. The molecule has 0 aliphatic carbocycles. The van der Waals surface area contributed by atoms with Crippen molar-refractivity contribution >= 4 is 0 Å². The first-order chi connectivity index (χ1) is 7.87. The van der Waals surface area contributed by atoms with Gasteiger partial charge in [0.25, 0.3) is 0 Å². The van der Waals surface area contributed by atoms with Crippen LogP contribution in [0.4, 0.5) is 0 Å². The molecule has 2 saturated heterocycles. The summed E-state index contributed by atoms with van der Waals surface area (Å²) in [6.07, 6.45) is 10.8. The van der Waals surface area contributed by atoms with Gasteiger partial charge in [-0.1, -0.05) is 26.2 Å². The number of hydrogen-bond donors (Lipinski definition) is 1. The van der Waals surface area contributed by atoms with Crippen LogP contribution < -0.4 is 5.32 Å². The van der Waals surface area contributed by atoms with Crippen LogP contribution in [0.25, 0.3) is 0 Å². The van der Waals surface area contributed by atoms with Gasteiger partial charge in [0.05, 0.1) is 6.61 Å². The predicted molar refractivity (Wildman–Crippen MR) is 67.7 cm³/mol. The Morgan fingerprint density at radius 1 is 1.25 bits per heavy atom. The Bertz CT molecular complexity index is 191. The molecule has 2 atom stereocenters. The Kier molecular flexibility index (Phi) is 4.66. The van der Waals surface area contributed by atoms with Crippen molar-refractivity contribution in [3.05, 3.63) is 0 Å². The van der Waals surface area contributed by atoms with E-state index < -0.39 is 0 Å². The van der Waals surface area contributed by atoms with Gasteiger partial charge in [-0.3, -0.25) is 0 Å². The van der Waals surface area contributed by atoms with Crippen molar-refractivity contribution in [3.8, 4) is 0 Å². The summed E-state index contributed by atoms with van der Waals surface area (Å²) in [5, 5.41) is 3.89. The highest BCUT2D eigenvalue weighted by Gasteiger charge is 2.38. The smallest absolute Gasteiger partial charge is 0.0511 e. The lowest BCUT2D eigenvalue weighted by atomic mass is 9.74. The molecule has 1 N–H and O–H groups in total. The third-order valence-electron chi connectivity index (χ3n) is 4.41. The van der Waals surface area contributed by atoms with Crippen molar-refractivity contribution in [1.29, 1.82) is 0 Å². The molecule has 0 aromatic rings. The molecular formula is C14H27NO. The summed E-state index contributed by atoms with van der Waals surface area (Å²) in [6.45, 7) is 5.51. The summed E-state index contributed by atoms with van der Waals surface area (Å²) in [5.74, 6) is 0.763. The number of ether oxygens (including phenoxy) is 1. The van der Waals surface area contributed by atoms with E-state index in [1.54, 1.807) is 0 Å². The first kappa shape index (κ1) is 12.4. The highest BCUT2D eigenvalue weighted by atomic mass is 16.5. The van der Waals surface area contributed by atoms with Gasteiger partial charge in [0.1, 0.15) is 0 Å². The third-order valence-corrected chi connectivity index (χ3v) is 4.41. The predicted octanol–water partition coefficient (Wildman–Crippen LogP) is 3.12. The molecule has 0 aromatic heterocycles. The lowest BCUT2D eigenvalue weighted by Crippen LogP contribution is -2.53. The molecule has 2 unspecified atom stereocenters. The Labute approximate surface area is 100 Å². The molecule has 2 fully saturated rings. The van der Waals surface area contributed by atoms with Gasteiger partial charge >= 0.3 is 0 Å². The van der Waals surface area contributed by atoms with E-state index in [4.69, 9.17) is 4.74 Å². The van der Waals surface area contributed by atoms with Gasteiger partial charge in [-0.2, -0.15) is 0 Å². The van der Waals surface area contributed by atoms with Gasteiger partial charge in [-0.25, -0.2) is 0 Å². The molecule has 0 saturated carbocycles. The van der Waals surface area contributed by atoms with Crippen molar-refractivity contribution in [2.75, 3.05) is 19.8 Å². The second-order valence-corrected chi connectivity index (χ2v) is 5.56. The van der Waals surface area contributed by atoms with E-state index in [1.165, 1.54) is 57.9 Å². The Morgan fingerprint density at radius 3 is 2.94 bits per heavy atom. The minimum Gasteiger partial charge on any atom is -0.381 e. The van der Waals surface area contributed by atoms with Gasteiger partial charge in [0.2, 0.25) is 0 Å². The lowest BCUT2D eigenvalue weighted by Gasteiger charge is -2.43. The van der Waals surface area contributed by atoms with Gasteiger partial charge in [-0.15, -0.1) is 0 Å². The normalized spacial score (nSPS) is 36.9. The van der Waals surface area contributed by atoms with Crippen LogP contribution in [-0.2, 0) is 4.74 Å². The van der Waals surface area contributed by atoms with Gasteiger partial charge in [0, 0.05) is 18.1 Å². The lowest BCUT2D eigenvalue weighted by molar-refractivity contribution is 0.00517. The van der Waals surface area contributed by atoms with Gasteiger partial charge in [0.15, 0.2) is 0 Å². The van der Waals surface area contributed by atoms with Crippen LogP contribution in [0.5, 0.6) is 0 Å². The second kappa shape index (κ2) is 6.02. The van der Waals surface area contributed by atoms with E-state index in [2.05, 4.69) is 12.2 Å². The van der Waals surface area contributed by atoms with Crippen molar-refractivity contribution in [2.45, 2.75) is 63.8 Å². The summed E-state index contributed by atoms with van der Waals surface area (Å²) in [5.41, 5.74) is 0.408. The standard InChI is InChI=1S/C14H27NO/c1-2-8-14(9-4-3-5-10-15-14)13-7-6-11-16-12-13/h13,15H,2-12H2,1H3. The molecule has 0 bridgehead atoms. The molecule has 2 heteroatoms. The zero-order valence-electron chi connectivity index (χ0n) is 10.8. The SMILES string of the molecule is CCCC1(C2CCCOC2)CCCCCN1. The summed E-state index contributed by atoms with van der Waals surface area (Å²) < 4.78 is 5.71. The highest BCUT2D eigenvalue weighted by Crippen LogP contribution is 2.35. The zero-order chi connectivity index (χ0) is 11.3. The van der Waals surface area contributed by atoms with Crippen LogP contribution in [0.3, 0.4) is 0 Å². The van der Waals surface area contributed by atoms with Crippen LogP contribution in [0, 0.1) is 5.92 Å². The molecule has 94 valence electrons. The quantitative estimate of drug-likeness (QED) is 0.797. The van der Waals surface area contributed by atoms with Crippen LogP contribution >= 0.6 is 0 Å². The minimum absolute atomic E-state index is 0.408. The molecule has 16 heavy (non-hydrogen) atoms.